The van der Waals surface area contributed by atoms with Gasteiger partial charge in [-0.05, 0) is 25.3 Å². The second-order valence-corrected chi connectivity index (χ2v) is 5.23. The Bertz CT molecular complexity index is 478. The second-order valence-electron chi connectivity index (χ2n) is 5.23. The lowest BCUT2D eigenvalue weighted by Gasteiger charge is -2.31. The topological polar surface area (TPSA) is 104 Å². The Hall–Kier alpha value is -2.08. The van der Waals surface area contributed by atoms with Crippen LogP contribution in [-0.4, -0.2) is 29.2 Å². The number of hydrogen-bond acceptors (Lipinski definition) is 3. The summed E-state index contributed by atoms with van der Waals surface area (Å²) in [6.07, 6.45) is 1.10. The molecule has 0 aromatic heterocycles. The Morgan fingerprint density at radius 2 is 1.95 bits per heavy atom. The molecule has 1 aromatic rings. The van der Waals surface area contributed by atoms with Gasteiger partial charge in [-0.1, -0.05) is 37.3 Å². The van der Waals surface area contributed by atoms with E-state index in [9.17, 15) is 9.59 Å². The zero-order valence-corrected chi connectivity index (χ0v) is 12.4. The van der Waals surface area contributed by atoms with Crippen molar-refractivity contribution in [3.63, 3.8) is 0 Å². The van der Waals surface area contributed by atoms with Crippen LogP contribution in [0.4, 0.5) is 4.79 Å². The summed E-state index contributed by atoms with van der Waals surface area (Å²) in [4.78, 5) is 23.6. The molecule has 6 heteroatoms. The first-order valence-corrected chi connectivity index (χ1v) is 6.95. The Balaban J connectivity index is 2.93. The summed E-state index contributed by atoms with van der Waals surface area (Å²) in [5, 5.41) is 14.4. The smallest absolute Gasteiger partial charge is 0.313 e. The van der Waals surface area contributed by atoms with Gasteiger partial charge in [0, 0.05) is 12.1 Å². The molecule has 0 spiro atoms. The van der Waals surface area contributed by atoms with E-state index in [1.165, 1.54) is 0 Å². The largest absolute Gasteiger partial charge is 0.396 e. The average Bonchev–Trinajstić information content (AvgIpc) is 2.45. The van der Waals surface area contributed by atoms with Gasteiger partial charge in [0.1, 0.15) is 6.04 Å². The molecule has 0 aliphatic rings. The molecule has 0 aliphatic carbocycles. The van der Waals surface area contributed by atoms with Gasteiger partial charge in [-0.3, -0.25) is 4.79 Å². The highest BCUT2D eigenvalue weighted by Gasteiger charge is 2.29. The number of aliphatic hydroxyl groups excluding tert-OH is 1. The number of nitrogens with two attached hydrogens (primary N) is 1. The number of rotatable bonds is 7. The van der Waals surface area contributed by atoms with E-state index in [0.29, 0.717) is 18.4 Å². The maximum atomic E-state index is 12.5. The zero-order valence-electron chi connectivity index (χ0n) is 12.4. The summed E-state index contributed by atoms with van der Waals surface area (Å²) in [7, 11) is 0. The number of nitrogens with one attached hydrogen (secondary N) is 2. The molecule has 5 N–H and O–H groups in total. The summed E-state index contributed by atoms with van der Waals surface area (Å²) >= 11 is 0. The highest BCUT2D eigenvalue weighted by Crippen LogP contribution is 2.18. The van der Waals surface area contributed by atoms with Gasteiger partial charge in [0.05, 0.1) is 0 Å². The Morgan fingerprint density at radius 1 is 1.33 bits per heavy atom. The number of hydrogen-bond donors (Lipinski definition) is 4. The summed E-state index contributed by atoms with van der Waals surface area (Å²) in [6.45, 7) is 3.76. The van der Waals surface area contributed by atoms with Crippen LogP contribution in [0.1, 0.15) is 38.3 Å². The summed E-state index contributed by atoms with van der Waals surface area (Å²) in [6, 6.07) is 7.26. The predicted molar refractivity (Wildman–Crippen MR) is 80.4 cm³/mol. The first-order valence-electron chi connectivity index (χ1n) is 6.95. The first kappa shape index (κ1) is 17.0. The molecular weight excluding hydrogens is 270 g/mol. The lowest BCUT2D eigenvalue weighted by Crippen LogP contribution is -2.51. The van der Waals surface area contributed by atoms with Crippen LogP contribution in [0.15, 0.2) is 30.3 Å². The lowest BCUT2D eigenvalue weighted by atomic mass is 9.93. The minimum absolute atomic E-state index is 0.0239. The van der Waals surface area contributed by atoms with Crippen molar-refractivity contribution >= 4 is 11.9 Å². The van der Waals surface area contributed by atoms with Crippen LogP contribution in [0.25, 0.3) is 0 Å². The van der Waals surface area contributed by atoms with Crippen molar-refractivity contribution in [3.05, 3.63) is 35.9 Å². The van der Waals surface area contributed by atoms with Gasteiger partial charge in [-0.25, -0.2) is 4.79 Å². The molecule has 0 heterocycles. The second kappa shape index (κ2) is 7.64. The Kier molecular flexibility index (Phi) is 6.17. The maximum absolute atomic E-state index is 12.5. The summed E-state index contributed by atoms with van der Waals surface area (Å²) in [5.41, 5.74) is 5.27. The van der Waals surface area contributed by atoms with E-state index >= 15 is 0 Å². The van der Waals surface area contributed by atoms with Crippen molar-refractivity contribution in [1.29, 1.82) is 0 Å². The quantitative estimate of drug-likeness (QED) is 0.604. The standard InChI is InChI=1S/C15H23N3O3/c1-3-15(2,9-10-19)18-13(20)12(17-14(16)21)11-7-5-4-6-8-11/h4-8,12,19H,3,9-10H2,1-2H3,(H,18,20)(H3,16,17,21). The van der Waals surface area contributed by atoms with Crippen LogP contribution >= 0.6 is 0 Å². The van der Waals surface area contributed by atoms with E-state index in [4.69, 9.17) is 10.8 Å². The van der Waals surface area contributed by atoms with Crippen molar-refractivity contribution in [1.82, 2.24) is 10.6 Å². The van der Waals surface area contributed by atoms with Gasteiger partial charge >= 0.3 is 6.03 Å². The number of carbonyl (C=O) groups excluding carboxylic acids is 2. The fourth-order valence-corrected chi connectivity index (χ4v) is 2.03. The molecule has 0 fully saturated rings. The third-order valence-corrected chi connectivity index (χ3v) is 3.55. The Labute approximate surface area is 124 Å². The van der Waals surface area contributed by atoms with E-state index in [-0.39, 0.29) is 12.5 Å². The fourth-order valence-electron chi connectivity index (χ4n) is 2.03. The van der Waals surface area contributed by atoms with Crippen LogP contribution in [0.2, 0.25) is 0 Å². The number of primary amides is 1. The predicted octanol–water partition coefficient (Wildman–Crippen LogP) is 1.06. The highest BCUT2D eigenvalue weighted by molar-refractivity contribution is 5.88. The molecule has 0 saturated heterocycles. The van der Waals surface area contributed by atoms with Gasteiger partial charge in [0.25, 0.3) is 0 Å². The lowest BCUT2D eigenvalue weighted by molar-refractivity contribution is -0.125. The SMILES string of the molecule is CCC(C)(CCO)NC(=O)C(NC(N)=O)c1ccccc1. The monoisotopic (exact) mass is 293 g/mol. The van der Waals surface area contributed by atoms with E-state index in [0.717, 1.165) is 0 Å². The number of benzene rings is 1. The minimum atomic E-state index is -0.853. The van der Waals surface area contributed by atoms with Crippen molar-refractivity contribution in [2.75, 3.05) is 6.61 Å². The van der Waals surface area contributed by atoms with Crippen LogP contribution in [-0.2, 0) is 4.79 Å². The van der Waals surface area contributed by atoms with Crippen molar-refractivity contribution < 1.29 is 14.7 Å². The highest BCUT2D eigenvalue weighted by atomic mass is 16.3. The third-order valence-electron chi connectivity index (χ3n) is 3.55. The fraction of sp³-hybridized carbons (Fsp3) is 0.467. The Morgan fingerprint density at radius 3 is 2.43 bits per heavy atom. The number of urea groups is 1. The minimum Gasteiger partial charge on any atom is -0.396 e. The molecule has 6 nitrogen and oxygen atoms in total. The molecule has 21 heavy (non-hydrogen) atoms. The van der Waals surface area contributed by atoms with E-state index < -0.39 is 17.6 Å². The molecule has 0 aliphatic heterocycles. The number of carbonyl (C=O) groups is 2. The molecule has 2 unspecified atom stereocenters. The molecule has 3 amide bonds. The molecule has 1 rings (SSSR count). The molecule has 0 bridgehead atoms. The van der Waals surface area contributed by atoms with Crippen molar-refractivity contribution in [3.8, 4) is 0 Å². The van der Waals surface area contributed by atoms with Crippen molar-refractivity contribution in [2.24, 2.45) is 5.73 Å². The van der Waals surface area contributed by atoms with Gasteiger partial charge in [0.2, 0.25) is 5.91 Å². The molecule has 116 valence electrons. The molecule has 2 atom stereocenters. The molecule has 0 saturated carbocycles. The van der Waals surface area contributed by atoms with Crippen LogP contribution in [0, 0.1) is 0 Å². The van der Waals surface area contributed by atoms with Crippen LogP contribution < -0.4 is 16.4 Å². The summed E-state index contributed by atoms with van der Waals surface area (Å²) in [5.74, 6) is -0.349. The zero-order chi connectivity index (χ0) is 15.9. The average molecular weight is 293 g/mol. The van der Waals surface area contributed by atoms with E-state index in [1.807, 2.05) is 19.9 Å². The summed E-state index contributed by atoms with van der Waals surface area (Å²) < 4.78 is 0. The van der Waals surface area contributed by atoms with Crippen LogP contribution in [0.5, 0.6) is 0 Å². The molecule has 1 aromatic carbocycles. The van der Waals surface area contributed by atoms with Gasteiger partial charge in [-0.2, -0.15) is 0 Å². The number of aliphatic hydroxyl groups is 1. The first-order chi connectivity index (χ1) is 9.91. The molecular formula is C15H23N3O3. The third kappa shape index (κ3) is 5.07. The normalized spacial score (nSPS) is 14.8. The molecule has 0 radical (unpaired) electrons. The number of amides is 3. The van der Waals surface area contributed by atoms with Gasteiger partial charge < -0.3 is 21.5 Å². The van der Waals surface area contributed by atoms with Gasteiger partial charge in [-0.15, -0.1) is 0 Å². The van der Waals surface area contributed by atoms with E-state index in [2.05, 4.69) is 10.6 Å². The van der Waals surface area contributed by atoms with Gasteiger partial charge in [0.15, 0.2) is 0 Å². The maximum Gasteiger partial charge on any atom is 0.313 e. The van der Waals surface area contributed by atoms with Crippen LogP contribution in [0.3, 0.4) is 0 Å². The van der Waals surface area contributed by atoms with Crippen molar-refractivity contribution in [2.45, 2.75) is 38.3 Å². The van der Waals surface area contributed by atoms with E-state index in [1.54, 1.807) is 24.3 Å².